The maximum absolute atomic E-state index is 13.0. The fourth-order valence-electron chi connectivity index (χ4n) is 5.15. The van der Waals surface area contributed by atoms with Gasteiger partial charge in [0.1, 0.15) is 0 Å². The smallest absolute Gasteiger partial charge is 0.231 e. The molecular formula is C22H27N3O4. The van der Waals surface area contributed by atoms with E-state index in [9.17, 15) is 4.79 Å². The molecule has 0 radical (unpaired) electrons. The van der Waals surface area contributed by atoms with Gasteiger partial charge in [-0.2, -0.15) is 4.98 Å². The Kier molecular flexibility index (Phi) is 4.68. The lowest BCUT2D eigenvalue weighted by Crippen LogP contribution is -2.38. The Morgan fingerprint density at radius 1 is 1.21 bits per heavy atom. The number of ether oxygens (including phenoxy) is 2. The summed E-state index contributed by atoms with van der Waals surface area (Å²) in [4.78, 5) is 17.7. The van der Waals surface area contributed by atoms with Crippen LogP contribution in [0.5, 0.6) is 11.5 Å². The summed E-state index contributed by atoms with van der Waals surface area (Å²) in [6, 6.07) is 5.63. The predicted molar refractivity (Wildman–Crippen MR) is 105 cm³/mol. The Labute approximate surface area is 170 Å². The molecule has 0 unspecified atom stereocenters. The first-order chi connectivity index (χ1) is 14.1. The predicted octanol–water partition coefficient (Wildman–Crippen LogP) is 3.76. The molecule has 1 aromatic heterocycles. The minimum Gasteiger partial charge on any atom is -0.454 e. The summed E-state index contributed by atoms with van der Waals surface area (Å²) in [7, 11) is 0. The van der Waals surface area contributed by atoms with Crippen molar-refractivity contribution in [2.24, 2.45) is 23.7 Å². The summed E-state index contributed by atoms with van der Waals surface area (Å²) >= 11 is 0. The van der Waals surface area contributed by atoms with E-state index in [4.69, 9.17) is 19.0 Å². The summed E-state index contributed by atoms with van der Waals surface area (Å²) in [6.45, 7) is 5.30. The zero-order valence-corrected chi connectivity index (χ0v) is 16.9. The molecule has 1 aliphatic heterocycles. The topological polar surface area (TPSA) is 86.5 Å². The van der Waals surface area contributed by atoms with Crippen molar-refractivity contribution in [3.8, 4) is 22.9 Å². The van der Waals surface area contributed by atoms with Gasteiger partial charge in [0.15, 0.2) is 11.5 Å². The van der Waals surface area contributed by atoms with Gasteiger partial charge in [-0.3, -0.25) is 4.79 Å². The number of nitrogens with zero attached hydrogens (tertiary/aromatic N) is 2. The van der Waals surface area contributed by atoms with E-state index in [0.717, 1.165) is 43.5 Å². The lowest BCUT2D eigenvalue weighted by Gasteiger charge is -2.27. The number of benzene rings is 1. The zero-order chi connectivity index (χ0) is 20.0. The minimum absolute atomic E-state index is 0.0167. The van der Waals surface area contributed by atoms with Crippen molar-refractivity contribution in [1.29, 1.82) is 0 Å². The highest BCUT2D eigenvalue weighted by Gasteiger charge is 2.53. The van der Waals surface area contributed by atoms with Gasteiger partial charge in [0, 0.05) is 12.1 Å². The van der Waals surface area contributed by atoms with E-state index in [1.54, 1.807) is 0 Å². The van der Waals surface area contributed by atoms with Crippen LogP contribution >= 0.6 is 0 Å². The van der Waals surface area contributed by atoms with Gasteiger partial charge in [-0.15, -0.1) is 0 Å². The molecule has 1 aromatic carbocycles. The van der Waals surface area contributed by atoms with Crippen LogP contribution in [0.4, 0.5) is 0 Å². The lowest BCUT2D eigenvalue weighted by molar-refractivity contribution is -0.127. The molecule has 1 amide bonds. The van der Waals surface area contributed by atoms with Crippen LogP contribution in [0.2, 0.25) is 0 Å². The van der Waals surface area contributed by atoms with Crippen molar-refractivity contribution in [2.45, 2.75) is 45.4 Å². The molecule has 2 aromatic rings. The second-order valence-electron chi connectivity index (χ2n) is 8.88. The molecule has 2 fully saturated rings. The molecule has 0 spiro atoms. The van der Waals surface area contributed by atoms with Crippen molar-refractivity contribution in [2.75, 3.05) is 13.3 Å². The molecule has 7 nitrogen and oxygen atoms in total. The zero-order valence-electron chi connectivity index (χ0n) is 16.9. The molecule has 4 atom stereocenters. The van der Waals surface area contributed by atoms with Crippen LogP contribution in [0, 0.1) is 23.7 Å². The Morgan fingerprint density at radius 2 is 2.03 bits per heavy atom. The number of carbonyl (C=O) groups excluding carboxylic acids is 1. The number of aromatic nitrogens is 2. The Morgan fingerprint density at radius 3 is 2.90 bits per heavy atom. The van der Waals surface area contributed by atoms with Gasteiger partial charge in [0.2, 0.25) is 24.4 Å². The molecular weight excluding hydrogens is 370 g/mol. The molecule has 7 heteroatoms. The van der Waals surface area contributed by atoms with Crippen molar-refractivity contribution in [1.82, 2.24) is 15.5 Å². The number of hydrogen-bond acceptors (Lipinski definition) is 6. The minimum atomic E-state index is -0.0639. The average molecular weight is 397 g/mol. The molecule has 154 valence electrons. The van der Waals surface area contributed by atoms with Crippen molar-refractivity contribution in [3.05, 3.63) is 24.1 Å². The number of hydrogen-bond donors (Lipinski definition) is 1. The van der Waals surface area contributed by atoms with Crippen LogP contribution in [0.25, 0.3) is 11.4 Å². The maximum Gasteiger partial charge on any atom is 0.231 e. The van der Waals surface area contributed by atoms with Gasteiger partial charge in [0.25, 0.3) is 0 Å². The summed E-state index contributed by atoms with van der Waals surface area (Å²) in [5.41, 5.74) is 0.824. The summed E-state index contributed by atoms with van der Waals surface area (Å²) in [5, 5.41) is 7.35. The monoisotopic (exact) mass is 397 g/mol. The SMILES string of the molecule is CC(C)CCNC(=O)[C@H]1[C@H]2CC[C@H](C2)[C@@H]1c1nc(-c2ccc3c(c2)OCO3)no1. The third-order valence-corrected chi connectivity index (χ3v) is 6.60. The first kappa shape index (κ1) is 18.5. The van der Waals surface area contributed by atoms with Gasteiger partial charge >= 0.3 is 0 Å². The normalized spacial score (nSPS) is 27.0. The van der Waals surface area contributed by atoms with Crippen LogP contribution in [-0.4, -0.2) is 29.4 Å². The highest BCUT2D eigenvalue weighted by atomic mass is 16.7. The van der Waals surface area contributed by atoms with E-state index in [0.29, 0.717) is 35.2 Å². The quantitative estimate of drug-likeness (QED) is 0.799. The third-order valence-electron chi connectivity index (χ3n) is 6.60. The summed E-state index contributed by atoms with van der Waals surface area (Å²) < 4.78 is 16.5. The molecule has 2 aliphatic carbocycles. The molecule has 0 saturated heterocycles. The fraction of sp³-hybridized carbons (Fsp3) is 0.591. The molecule has 2 saturated carbocycles. The van der Waals surface area contributed by atoms with Crippen molar-refractivity contribution >= 4 is 5.91 Å². The standard InChI is InChI=1S/C22H27N3O4/c1-12(2)7-8-23-21(26)18-13-3-4-14(9-13)19(18)22-24-20(25-29-22)15-5-6-16-17(10-15)28-11-27-16/h5-6,10,12-14,18-19H,3-4,7-9,11H2,1-2H3,(H,23,26)/t13-,14+,18-,19-/m0/s1. The number of rotatable bonds is 6. The molecule has 5 rings (SSSR count). The largest absolute Gasteiger partial charge is 0.454 e. The van der Waals surface area contributed by atoms with Crippen LogP contribution in [0.15, 0.2) is 22.7 Å². The number of amides is 1. The lowest BCUT2D eigenvalue weighted by atomic mass is 9.78. The van der Waals surface area contributed by atoms with Gasteiger partial charge in [-0.05, 0) is 61.6 Å². The highest BCUT2D eigenvalue weighted by Crippen LogP contribution is 2.56. The van der Waals surface area contributed by atoms with Gasteiger partial charge in [-0.25, -0.2) is 0 Å². The number of fused-ring (bicyclic) bond motifs is 3. The van der Waals surface area contributed by atoms with Gasteiger partial charge in [-0.1, -0.05) is 19.0 Å². The van der Waals surface area contributed by atoms with E-state index in [2.05, 4.69) is 24.3 Å². The van der Waals surface area contributed by atoms with Crippen molar-refractivity contribution in [3.63, 3.8) is 0 Å². The number of carbonyl (C=O) groups is 1. The fourth-order valence-corrected chi connectivity index (χ4v) is 5.15. The second-order valence-corrected chi connectivity index (χ2v) is 8.88. The first-order valence-electron chi connectivity index (χ1n) is 10.6. The molecule has 3 aliphatic rings. The van der Waals surface area contributed by atoms with E-state index < -0.39 is 0 Å². The van der Waals surface area contributed by atoms with Gasteiger partial charge < -0.3 is 19.3 Å². The molecule has 1 N–H and O–H groups in total. The average Bonchev–Trinajstić information content (AvgIpc) is 3.49. The Bertz CT molecular complexity index is 909. The number of nitrogens with one attached hydrogen (secondary N) is 1. The van der Waals surface area contributed by atoms with Crippen LogP contribution in [0.3, 0.4) is 0 Å². The molecule has 2 heterocycles. The first-order valence-corrected chi connectivity index (χ1v) is 10.6. The molecule has 2 bridgehead atoms. The summed E-state index contributed by atoms with van der Waals surface area (Å²) in [6.07, 6.45) is 4.32. The maximum atomic E-state index is 13.0. The molecule has 29 heavy (non-hydrogen) atoms. The summed E-state index contributed by atoms with van der Waals surface area (Å²) in [5.74, 6) is 4.08. The van der Waals surface area contributed by atoms with E-state index in [1.807, 2.05) is 18.2 Å². The third kappa shape index (κ3) is 3.36. The Balaban J connectivity index is 1.36. The highest BCUT2D eigenvalue weighted by molar-refractivity contribution is 5.80. The van der Waals surface area contributed by atoms with E-state index in [1.165, 1.54) is 0 Å². The van der Waals surface area contributed by atoms with E-state index >= 15 is 0 Å². The van der Waals surface area contributed by atoms with Gasteiger partial charge in [0.05, 0.1) is 11.8 Å². The Hall–Kier alpha value is -2.57. The van der Waals surface area contributed by atoms with E-state index in [-0.39, 0.29) is 24.5 Å². The second kappa shape index (κ2) is 7.35. The van der Waals surface area contributed by atoms with Crippen molar-refractivity contribution < 1.29 is 18.8 Å². The van der Waals surface area contributed by atoms with Crippen LogP contribution in [0.1, 0.15) is 51.3 Å². The van der Waals surface area contributed by atoms with Crippen LogP contribution in [-0.2, 0) is 4.79 Å². The van der Waals surface area contributed by atoms with Crippen LogP contribution < -0.4 is 14.8 Å².